The SMILES string of the molecule is CCO[C@@H]1[C@@H](O)[C@](C)(O)[C@H]2[C@H](O[C@@H]3O[C@H](CO)[C@@H](O)[C@H](O)[C@H]3O)OC=C[C@@]12O. The third-order valence-electron chi connectivity index (χ3n) is 5.75. The third kappa shape index (κ3) is 3.25. The van der Waals surface area contributed by atoms with Crippen molar-refractivity contribution in [3.8, 4) is 0 Å². The second-order valence-corrected chi connectivity index (χ2v) is 7.55. The van der Waals surface area contributed by atoms with Gasteiger partial charge >= 0.3 is 0 Å². The van der Waals surface area contributed by atoms with Crippen molar-refractivity contribution in [2.45, 2.75) is 74.3 Å². The standard InChI is InChI=1S/C17H28O11/c1-3-25-13-12(22)16(2,23)11-15(26-5-4-17(11,13)24)28-14-10(21)9(20)8(19)7(6-18)27-14/h4-5,7-15,18-24H,3,6H2,1-2H3/t7-,8-,9+,10-,11-,12-,13-,14+,15+,16-,17+/m1/s1. The van der Waals surface area contributed by atoms with Crippen molar-refractivity contribution >= 4 is 0 Å². The van der Waals surface area contributed by atoms with E-state index in [1.54, 1.807) is 6.92 Å². The van der Waals surface area contributed by atoms with Gasteiger partial charge in [0.15, 0.2) is 6.29 Å². The molecule has 11 nitrogen and oxygen atoms in total. The van der Waals surface area contributed by atoms with Crippen LogP contribution in [0, 0.1) is 5.92 Å². The van der Waals surface area contributed by atoms with Crippen molar-refractivity contribution in [3.05, 3.63) is 12.3 Å². The molecule has 11 atom stereocenters. The zero-order valence-electron chi connectivity index (χ0n) is 15.5. The van der Waals surface area contributed by atoms with Gasteiger partial charge in [0.25, 0.3) is 0 Å². The van der Waals surface area contributed by atoms with E-state index < -0.39 is 72.9 Å². The van der Waals surface area contributed by atoms with Gasteiger partial charge in [-0.25, -0.2) is 0 Å². The van der Waals surface area contributed by atoms with Gasteiger partial charge in [-0.05, 0) is 19.9 Å². The Morgan fingerprint density at radius 1 is 1.04 bits per heavy atom. The van der Waals surface area contributed by atoms with Crippen LogP contribution in [0.5, 0.6) is 0 Å². The Kier molecular flexibility index (Phi) is 6.05. The Balaban J connectivity index is 1.86. The van der Waals surface area contributed by atoms with Crippen LogP contribution in [-0.4, -0.2) is 109 Å². The molecule has 7 N–H and O–H groups in total. The summed E-state index contributed by atoms with van der Waals surface area (Å²) in [5.41, 5.74) is -3.76. The first-order chi connectivity index (χ1) is 13.1. The molecule has 0 bridgehead atoms. The summed E-state index contributed by atoms with van der Waals surface area (Å²) < 4.78 is 21.7. The summed E-state index contributed by atoms with van der Waals surface area (Å²) in [7, 11) is 0. The van der Waals surface area contributed by atoms with Gasteiger partial charge in [0.1, 0.15) is 47.8 Å². The zero-order valence-corrected chi connectivity index (χ0v) is 15.5. The molecule has 1 saturated heterocycles. The first kappa shape index (κ1) is 21.8. The second-order valence-electron chi connectivity index (χ2n) is 7.55. The van der Waals surface area contributed by atoms with Gasteiger partial charge in [0, 0.05) is 6.61 Å². The highest BCUT2D eigenvalue weighted by Gasteiger charge is 2.69. The highest BCUT2D eigenvalue weighted by molar-refractivity contribution is 5.25. The molecule has 1 saturated carbocycles. The third-order valence-corrected chi connectivity index (χ3v) is 5.75. The summed E-state index contributed by atoms with van der Waals surface area (Å²) >= 11 is 0. The van der Waals surface area contributed by atoms with Crippen LogP contribution < -0.4 is 0 Å². The molecule has 0 unspecified atom stereocenters. The number of hydrogen-bond donors (Lipinski definition) is 7. The lowest BCUT2D eigenvalue weighted by molar-refractivity contribution is -0.352. The Morgan fingerprint density at radius 3 is 2.32 bits per heavy atom. The largest absolute Gasteiger partial charge is 0.472 e. The van der Waals surface area contributed by atoms with E-state index >= 15 is 0 Å². The molecular formula is C17H28O11. The van der Waals surface area contributed by atoms with E-state index in [4.69, 9.17) is 18.9 Å². The van der Waals surface area contributed by atoms with Crippen LogP contribution in [0.2, 0.25) is 0 Å². The van der Waals surface area contributed by atoms with Gasteiger partial charge in [0.2, 0.25) is 6.29 Å². The van der Waals surface area contributed by atoms with Crippen molar-refractivity contribution < 1.29 is 54.7 Å². The van der Waals surface area contributed by atoms with Crippen LogP contribution >= 0.6 is 0 Å². The maximum Gasteiger partial charge on any atom is 0.210 e. The first-order valence-corrected chi connectivity index (χ1v) is 9.13. The fourth-order valence-corrected chi connectivity index (χ4v) is 4.21. The molecule has 0 radical (unpaired) electrons. The Morgan fingerprint density at radius 2 is 1.71 bits per heavy atom. The molecule has 0 aromatic rings. The zero-order chi connectivity index (χ0) is 20.9. The lowest BCUT2D eigenvalue weighted by Crippen LogP contribution is -2.62. The Bertz CT molecular complexity index is 581. The van der Waals surface area contributed by atoms with Crippen molar-refractivity contribution in [3.63, 3.8) is 0 Å². The fourth-order valence-electron chi connectivity index (χ4n) is 4.21. The molecule has 2 aliphatic heterocycles. The Hall–Kier alpha value is -0.860. The number of fused-ring (bicyclic) bond motifs is 1. The number of rotatable bonds is 5. The minimum absolute atomic E-state index is 0.166. The van der Waals surface area contributed by atoms with Gasteiger partial charge < -0.3 is 54.7 Å². The van der Waals surface area contributed by atoms with Crippen LogP contribution in [-0.2, 0) is 18.9 Å². The number of ether oxygens (including phenoxy) is 4. The van der Waals surface area contributed by atoms with Crippen molar-refractivity contribution in [1.82, 2.24) is 0 Å². The van der Waals surface area contributed by atoms with Crippen LogP contribution in [0.1, 0.15) is 13.8 Å². The normalized spacial score (nSPS) is 53.7. The molecular weight excluding hydrogens is 380 g/mol. The van der Waals surface area contributed by atoms with E-state index in [-0.39, 0.29) is 6.61 Å². The molecule has 0 aromatic heterocycles. The number of hydrogen-bond acceptors (Lipinski definition) is 11. The predicted octanol–water partition coefficient (Wildman–Crippen LogP) is -3.45. The molecule has 2 fully saturated rings. The topological polar surface area (TPSA) is 179 Å². The van der Waals surface area contributed by atoms with E-state index in [1.165, 1.54) is 13.0 Å². The summed E-state index contributed by atoms with van der Waals surface area (Å²) in [5.74, 6) is -1.25. The highest BCUT2D eigenvalue weighted by Crippen LogP contribution is 2.50. The van der Waals surface area contributed by atoms with E-state index in [9.17, 15) is 35.7 Å². The molecule has 2 heterocycles. The van der Waals surface area contributed by atoms with Crippen molar-refractivity contribution in [1.29, 1.82) is 0 Å². The number of aliphatic hydroxyl groups excluding tert-OH is 5. The fraction of sp³-hybridized carbons (Fsp3) is 0.882. The van der Waals surface area contributed by atoms with Crippen molar-refractivity contribution in [2.75, 3.05) is 13.2 Å². The minimum Gasteiger partial charge on any atom is -0.472 e. The molecule has 28 heavy (non-hydrogen) atoms. The Labute approximate surface area is 161 Å². The predicted molar refractivity (Wildman–Crippen MR) is 89.3 cm³/mol. The summed E-state index contributed by atoms with van der Waals surface area (Å²) in [6.45, 7) is 2.48. The average molecular weight is 408 g/mol. The van der Waals surface area contributed by atoms with Crippen molar-refractivity contribution in [2.24, 2.45) is 5.92 Å². The average Bonchev–Trinajstić information content (AvgIpc) is 2.80. The lowest BCUT2D eigenvalue weighted by Gasteiger charge is -2.45. The van der Waals surface area contributed by atoms with Gasteiger partial charge in [0.05, 0.1) is 18.8 Å². The summed E-state index contributed by atoms with van der Waals surface area (Å²) in [5, 5.41) is 71.7. The van der Waals surface area contributed by atoms with Crippen LogP contribution in [0.15, 0.2) is 12.3 Å². The van der Waals surface area contributed by atoms with Gasteiger partial charge in [-0.1, -0.05) is 0 Å². The van der Waals surface area contributed by atoms with Gasteiger partial charge in [-0.3, -0.25) is 0 Å². The second kappa shape index (κ2) is 7.76. The van der Waals surface area contributed by atoms with Crippen LogP contribution in [0.3, 0.4) is 0 Å². The smallest absolute Gasteiger partial charge is 0.210 e. The highest BCUT2D eigenvalue weighted by atomic mass is 16.8. The quantitative estimate of drug-likeness (QED) is 0.240. The maximum atomic E-state index is 11.1. The van der Waals surface area contributed by atoms with Gasteiger partial charge in [-0.2, -0.15) is 0 Å². The van der Waals surface area contributed by atoms with E-state index in [2.05, 4.69) is 0 Å². The molecule has 11 heteroatoms. The van der Waals surface area contributed by atoms with Crippen LogP contribution in [0.25, 0.3) is 0 Å². The molecule has 3 rings (SSSR count). The number of aliphatic hydroxyl groups is 7. The summed E-state index contributed by atoms with van der Waals surface area (Å²) in [4.78, 5) is 0. The van der Waals surface area contributed by atoms with Crippen LogP contribution in [0.4, 0.5) is 0 Å². The molecule has 162 valence electrons. The van der Waals surface area contributed by atoms with E-state index in [0.29, 0.717) is 0 Å². The maximum absolute atomic E-state index is 11.1. The molecule has 0 spiro atoms. The minimum atomic E-state index is -1.90. The van der Waals surface area contributed by atoms with E-state index in [1.807, 2.05) is 0 Å². The summed E-state index contributed by atoms with van der Waals surface area (Å²) in [6.07, 6.45) is -9.37. The molecule has 0 amide bonds. The molecule has 0 aromatic carbocycles. The monoisotopic (exact) mass is 408 g/mol. The summed E-state index contributed by atoms with van der Waals surface area (Å²) in [6, 6.07) is 0. The molecule has 3 aliphatic rings. The first-order valence-electron chi connectivity index (χ1n) is 9.13. The molecule has 1 aliphatic carbocycles. The van der Waals surface area contributed by atoms with Gasteiger partial charge in [-0.15, -0.1) is 0 Å². The lowest BCUT2D eigenvalue weighted by atomic mass is 9.81. The van der Waals surface area contributed by atoms with E-state index in [0.717, 1.165) is 6.26 Å².